The zero-order valence-corrected chi connectivity index (χ0v) is 14.5. The van der Waals surface area contributed by atoms with E-state index in [2.05, 4.69) is 9.98 Å². The summed E-state index contributed by atoms with van der Waals surface area (Å²) in [6, 6.07) is 7.63. The van der Waals surface area contributed by atoms with Crippen molar-refractivity contribution in [1.29, 1.82) is 0 Å². The summed E-state index contributed by atoms with van der Waals surface area (Å²) in [5, 5.41) is 0. The zero-order chi connectivity index (χ0) is 18.4. The van der Waals surface area contributed by atoms with E-state index in [1.165, 1.54) is 19.3 Å². The second-order valence-electron chi connectivity index (χ2n) is 5.44. The molecule has 0 aromatic heterocycles. The summed E-state index contributed by atoms with van der Waals surface area (Å²) in [6.07, 6.45) is 3.55. The molecule has 0 radical (unpaired) electrons. The van der Waals surface area contributed by atoms with Crippen molar-refractivity contribution < 1.29 is 19.1 Å². The number of nitrogens with zero attached hydrogens (tertiary/aromatic N) is 2. The summed E-state index contributed by atoms with van der Waals surface area (Å²) < 4.78 is 10.6. The molecule has 0 aliphatic rings. The van der Waals surface area contributed by atoms with E-state index in [1.54, 1.807) is 13.2 Å². The van der Waals surface area contributed by atoms with E-state index in [1.807, 2.05) is 32.0 Å². The average Bonchev–Trinajstić information content (AvgIpc) is 2.62. The molecule has 2 aromatic rings. The normalized spacial score (nSPS) is 9.76. The highest BCUT2D eigenvalue weighted by atomic mass is 16.5. The number of benzene rings is 2. The Bertz CT molecular complexity index is 893. The fourth-order valence-corrected chi connectivity index (χ4v) is 2.63. The van der Waals surface area contributed by atoms with Crippen LogP contribution in [0.4, 0.5) is 11.4 Å². The number of hydrogen-bond acceptors (Lipinski definition) is 6. The summed E-state index contributed by atoms with van der Waals surface area (Å²) >= 11 is 0. The molecule has 6 nitrogen and oxygen atoms in total. The highest BCUT2D eigenvalue weighted by Gasteiger charge is 2.17. The molecule has 6 heteroatoms. The molecule has 0 amide bonds. The van der Waals surface area contributed by atoms with Crippen LogP contribution in [0.1, 0.15) is 22.3 Å². The predicted octanol–water partition coefficient (Wildman–Crippen LogP) is 3.85. The van der Waals surface area contributed by atoms with Crippen LogP contribution < -0.4 is 9.47 Å². The van der Waals surface area contributed by atoms with Gasteiger partial charge in [0.15, 0.2) is 0 Å². The molecule has 0 heterocycles. The van der Waals surface area contributed by atoms with Crippen LogP contribution in [-0.2, 0) is 16.0 Å². The molecule has 0 fully saturated rings. The Labute approximate surface area is 145 Å². The van der Waals surface area contributed by atoms with Gasteiger partial charge in [-0.1, -0.05) is 6.07 Å². The van der Waals surface area contributed by atoms with Crippen LogP contribution in [-0.4, -0.2) is 26.4 Å². The number of aliphatic imine (C=N–C) groups is 2. The predicted molar refractivity (Wildman–Crippen MR) is 93.8 cm³/mol. The fourth-order valence-electron chi connectivity index (χ4n) is 2.63. The molecule has 0 aliphatic carbocycles. The van der Waals surface area contributed by atoms with E-state index in [4.69, 9.17) is 9.47 Å². The monoisotopic (exact) mass is 338 g/mol. The van der Waals surface area contributed by atoms with Crippen molar-refractivity contribution in [2.45, 2.75) is 20.3 Å². The third kappa shape index (κ3) is 3.83. The van der Waals surface area contributed by atoms with Crippen molar-refractivity contribution >= 4 is 23.5 Å². The molecule has 0 aliphatic heterocycles. The van der Waals surface area contributed by atoms with Gasteiger partial charge in [-0.25, -0.2) is 9.59 Å². The minimum absolute atomic E-state index is 0.171. The summed E-state index contributed by atoms with van der Waals surface area (Å²) in [5.41, 5.74) is 4.22. The van der Waals surface area contributed by atoms with Gasteiger partial charge in [-0.05, 0) is 60.7 Å². The van der Waals surface area contributed by atoms with Crippen LogP contribution in [0.3, 0.4) is 0 Å². The third-order valence-corrected chi connectivity index (χ3v) is 4.07. The van der Waals surface area contributed by atoms with E-state index in [-0.39, 0.29) is 11.4 Å². The van der Waals surface area contributed by atoms with Crippen LogP contribution in [0.2, 0.25) is 0 Å². The molecule has 0 bridgehead atoms. The van der Waals surface area contributed by atoms with Crippen LogP contribution in [0, 0.1) is 13.8 Å². The van der Waals surface area contributed by atoms with Gasteiger partial charge in [0.25, 0.3) is 0 Å². The lowest BCUT2D eigenvalue weighted by atomic mass is 9.95. The fraction of sp³-hybridized carbons (Fsp3) is 0.263. The Balaban J connectivity index is 2.64. The first-order chi connectivity index (χ1) is 12.0. The number of ether oxygens (including phenoxy) is 2. The molecule has 0 spiro atoms. The van der Waals surface area contributed by atoms with E-state index in [0.717, 1.165) is 28.0 Å². The molecular formula is C19H18N2O4. The molecule has 0 atom stereocenters. The van der Waals surface area contributed by atoms with Crippen molar-refractivity contribution in [2.24, 2.45) is 9.98 Å². The van der Waals surface area contributed by atoms with Gasteiger partial charge in [0, 0.05) is 0 Å². The third-order valence-electron chi connectivity index (χ3n) is 4.07. The van der Waals surface area contributed by atoms with Gasteiger partial charge in [-0.15, -0.1) is 0 Å². The summed E-state index contributed by atoms with van der Waals surface area (Å²) in [7, 11) is 3.08. The quantitative estimate of drug-likeness (QED) is 0.592. The number of rotatable bonds is 6. The largest absolute Gasteiger partial charge is 0.497 e. The second-order valence-corrected chi connectivity index (χ2v) is 5.44. The molecule has 25 heavy (non-hydrogen) atoms. The molecule has 2 aromatic carbocycles. The van der Waals surface area contributed by atoms with Gasteiger partial charge in [-0.2, -0.15) is 9.98 Å². The molecule has 2 rings (SSSR count). The van der Waals surface area contributed by atoms with E-state index < -0.39 is 0 Å². The summed E-state index contributed by atoms with van der Waals surface area (Å²) in [6.45, 7) is 3.82. The van der Waals surface area contributed by atoms with Crippen LogP contribution in [0.5, 0.6) is 11.5 Å². The Kier molecular flexibility index (Phi) is 5.85. The average molecular weight is 338 g/mol. The summed E-state index contributed by atoms with van der Waals surface area (Å²) in [5.74, 6) is 1.11. The standard InChI is InChI=1S/C19H18N2O4/c1-12-5-6-16(24-3)8-14(12)7-15-9-17(25-4)19(21-11-23)18(13(15)2)20-10-22/h5-6,8-9H,7H2,1-4H3. The van der Waals surface area contributed by atoms with Crippen molar-refractivity contribution in [3.63, 3.8) is 0 Å². The Morgan fingerprint density at radius 3 is 2.20 bits per heavy atom. The highest BCUT2D eigenvalue weighted by Crippen LogP contribution is 2.42. The van der Waals surface area contributed by atoms with Crippen molar-refractivity contribution in [1.82, 2.24) is 0 Å². The van der Waals surface area contributed by atoms with Gasteiger partial charge in [0.2, 0.25) is 12.2 Å². The zero-order valence-electron chi connectivity index (χ0n) is 14.5. The van der Waals surface area contributed by atoms with Crippen molar-refractivity contribution in [3.05, 3.63) is 46.5 Å². The van der Waals surface area contributed by atoms with Gasteiger partial charge < -0.3 is 9.47 Å². The van der Waals surface area contributed by atoms with E-state index in [9.17, 15) is 9.59 Å². The number of isocyanates is 2. The molecular weight excluding hydrogens is 320 g/mol. The Morgan fingerprint density at radius 1 is 0.920 bits per heavy atom. The molecule has 0 saturated carbocycles. The first kappa shape index (κ1) is 18.1. The summed E-state index contributed by atoms with van der Waals surface area (Å²) in [4.78, 5) is 28.8. The minimum atomic E-state index is 0.171. The second kappa shape index (κ2) is 8.06. The topological polar surface area (TPSA) is 77.3 Å². The van der Waals surface area contributed by atoms with Crippen molar-refractivity contribution in [2.75, 3.05) is 14.2 Å². The maximum absolute atomic E-state index is 10.8. The SMILES string of the molecule is COc1ccc(C)c(Cc2cc(OC)c(N=C=O)c(N=C=O)c2C)c1. The van der Waals surface area contributed by atoms with Gasteiger partial charge in [0.05, 0.1) is 14.2 Å². The van der Waals surface area contributed by atoms with Gasteiger partial charge in [0.1, 0.15) is 22.9 Å². The molecule has 128 valence electrons. The van der Waals surface area contributed by atoms with E-state index >= 15 is 0 Å². The molecule has 0 saturated heterocycles. The Morgan fingerprint density at radius 2 is 1.60 bits per heavy atom. The number of aryl methyl sites for hydroxylation is 1. The first-order valence-corrected chi connectivity index (χ1v) is 7.55. The lowest BCUT2D eigenvalue weighted by Gasteiger charge is -2.15. The van der Waals surface area contributed by atoms with E-state index in [0.29, 0.717) is 12.2 Å². The molecule has 0 N–H and O–H groups in total. The molecule has 0 unspecified atom stereocenters. The van der Waals surface area contributed by atoms with Gasteiger partial charge >= 0.3 is 0 Å². The lowest BCUT2D eigenvalue weighted by Crippen LogP contribution is -1.98. The minimum Gasteiger partial charge on any atom is -0.497 e. The lowest BCUT2D eigenvalue weighted by molar-refractivity contribution is 0.414. The van der Waals surface area contributed by atoms with Crippen LogP contribution in [0.15, 0.2) is 34.3 Å². The highest BCUT2D eigenvalue weighted by molar-refractivity contribution is 5.78. The Hall–Kier alpha value is -3.20. The number of carbonyl (C=O) groups excluding carboxylic acids is 2. The maximum Gasteiger partial charge on any atom is 0.240 e. The maximum atomic E-state index is 10.8. The van der Waals surface area contributed by atoms with Gasteiger partial charge in [-0.3, -0.25) is 0 Å². The van der Waals surface area contributed by atoms with Crippen LogP contribution >= 0.6 is 0 Å². The number of methoxy groups -OCH3 is 2. The first-order valence-electron chi connectivity index (χ1n) is 7.55. The van der Waals surface area contributed by atoms with Crippen molar-refractivity contribution in [3.8, 4) is 11.5 Å². The smallest absolute Gasteiger partial charge is 0.240 e. The number of hydrogen-bond donors (Lipinski definition) is 0. The van der Waals surface area contributed by atoms with Crippen LogP contribution in [0.25, 0.3) is 0 Å².